The number of likely N-dealkylation sites (tertiary alicyclic amines) is 1. The zero-order valence-electron chi connectivity index (χ0n) is 70.6. The minimum atomic E-state index is -1.99. The number of carbonyl (C=O) groups excluding carboxylic acids is 18. The summed E-state index contributed by atoms with van der Waals surface area (Å²) in [4.78, 5) is 273. The first-order valence-corrected chi connectivity index (χ1v) is 43.3. The van der Waals surface area contributed by atoms with Gasteiger partial charge in [0.15, 0.2) is 11.9 Å². The first kappa shape index (κ1) is 105. The number of imidazole rings is 1. The van der Waals surface area contributed by atoms with Crippen LogP contribution >= 0.6 is 21.6 Å². The van der Waals surface area contributed by atoms with E-state index >= 15 is 0 Å². The van der Waals surface area contributed by atoms with Gasteiger partial charge in [0, 0.05) is 67.3 Å². The molecule has 2 saturated heterocycles. The smallest absolute Gasteiger partial charge is 0.322 e. The van der Waals surface area contributed by atoms with Crippen molar-refractivity contribution in [2.24, 2.45) is 34.6 Å². The number of hydrogen-bond donors (Lipinski definition) is 29. The van der Waals surface area contributed by atoms with Gasteiger partial charge in [-0.15, -0.1) is 0 Å². The number of nitrogens with two attached hydrogens (primary N) is 5. The van der Waals surface area contributed by atoms with Crippen molar-refractivity contribution in [1.29, 1.82) is 10.8 Å². The maximum absolute atomic E-state index is 14.8. The highest BCUT2D eigenvalue weighted by atomic mass is 33.1. The zero-order chi connectivity index (χ0) is 94.0. The van der Waals surface area contributed by atoms with Gasteiger partial charge >= 0.3 is 5.97 Å². The third-order valence-electron chi connectivity index (χ3n) is 19.9. The van der Waals surface area contributed by atoms with E-state index in [1.165, 1.54) is 31.3 Å². The third-order valence-corrected chi connectivity index (χ3v) is 22.3. The topological polar surface area (TPSA) is 807 Å². The van der Waals surface area contributed by atoms with Crippen molar-refractivity contribution < 1.29 is 101 Å². The number of nitrogens with one attached hydrogen (secondary N) is 22. The van der Waals surface area contributed by atoms with E-state index in [4.69, 9.17) is 44.6 Å². The molecule has 52 heteroatoms. The fraction of sp³-hybridized carbons (Fsp3) is 0.573. The Morgan fingerprint density at radius 2 is 1.24 bits per heavy atom. The largest absolute Gasteiger partial charge is 0.480 e. The lowest BCUT2D eigenvalue weighted by Gasteiger charge is -2.29. The molecule has 0 radical (unpaired) electrons. The Bertz CT molecular complexity index is 4370. The maximum atomic E-state index is 14.8. The summed E-state index contributed by atoms with van der Waals surface area (Å²) in [7, 11) is 1.48. The van der Waals surface area contributed by atoms with Gasteiger partial charge in [-0.1, -0.05) is 60.1 Å². The monoisotopic (exact) mass is 1820 g/mol. The predicted molar refractivity (Wildman–Crippen MR) is 459 cm³/mol. The Balaban J connectivity index is 1.55. The number of amides is 18. The van der Waals surface area contributed by atoms with E-state index in [0.717, 1.165) is 21.6 Å². The van der Waals surface area contributed by atoms with Gasteiger partial charge in [0.1, 0.15) is 79.0 Å². The van der Waals surface area contributed by atoms with E-state index < -0.39 is 266 Å². The molecule has 3 aromatic rings. The van der Waals surface area contributed by atoms with Gasteiger partial charge < -0.3 is 149 Å². The number of para-hydroxylation sites is 1. The van der Waals surface area contributed by atoms with Crippen molar-refractivity contribution in [3.8, 4) is 0 Å². The third kappa shape index (κ3) is 36.6. The van der Waals surface area contributed by atoms with Gasteiger partial charge in [0.2, 0.25) is 106 Å². The van der Waals surface area contributed by atoms with Crippen molar-refractivity contribution in [1.82, 2.24) is 116 Å². The van der Waals surface area contributed by atoms with Crippen LogP contribution in [0.1, 0.15) is 110 Å². The first-order chi connectivity index (χ1) is 60.3. The Hall–Kier alpha value is -13.0. The van der Waals surface area contributed by atoms with Gasteiger partial charge in [-0.3, -0.25) is 102 Å². The predicted octanol–water partition coefficient (Wildman–Crippen LogP) is -11.0. The van der Waals surface area contributed by atoms with Crippen molar-refractivity contribution in [2.45, 2.75) is 190 Å². The van der Waals surface area contributed by atoms with Gasteiger partial charge in [0.25, 0.3) is 0 Å². The van der Waals surface area contributed by atoms with Crippen LogP contribution in [-0.2, 0) is 104 Å². The summed E-state index contributed by atoms with van der Waals surface area (Å²) in [6.45, 7) is 0.641. The van der Waals surface area contributed by atoms with Crippen LogP contribution in [0.2, 0.25) is 0 Å². The molecule has 4 heterocycles. The number of rotatable bonds is 37. The number of fused-ring (bicyclic) bond motifs is 1. The molecule has 0 bridgehead atoms. The van der Waals surface area contributed by atoms with Crippen LogP contribution in [0.3, 0.4) is 0 Å². The summed E-state index contributed by atoms with van der Waals surface area (Å²) < 4.78 is 0. The summed E-state index contributed by atoms with van der Waals surface area (Å²) in [5.74, 6) is -22.1. The molecular weight excluding hydrogens is 1710 g/mol. The number of carbonyl (C=O) groups is 19. The van der Waals surface area contributed by atoms with Gasteiger partial charge in [-0.2, -0.15) is 0 Å². The molecule has 18 amide bonds. The van der Waals surface area contributed by atoms with Crippen LogP contribution in [-0.4, -0.2) is 310 Å². The molecular formula is C75H117N29O21S2. The lowest BCUT2D eigenvalue weighted by atomic mass is 9.97. The lowest BCUT2D eigenvalue weighted by molar-refractivity contribution is -0.140. The standard InChI is InChI=1S/C75H117N29O21S2/c1-5-37(2)60-72(124)99-48(24-41-27-83-36-92-41)68(120)100-50(33-105)69(121)101-51(64(116)90-29-56(108)87-28-55(107)88-30-57(109)96-49(25-54(78)106)63(115)91-32-59(111)112)34-126-127-35-52(102-66(118)46(16-8-9-19-76)97-71(123)53-18-12-22-104(53)73(125)43(77)14-10-20-84-74(79)80)70(122)93-38(3)61(113)89-31-58(110)95-45(17-11-21-85-75(81)82)65(117)98-47(67(119)94-39(4)62(114)103-60)23-40-26-86-44-15-7-6-13-42(40)44/h6-7,13,15,26-27,36-39,43,45-53,60,86,105H,5,8-12,14,16-25,28-35,76-77H2,1-4H3,(H2,78,106)(H,83,92)(H,87,108)(H,88,107)(H,89,113)(H,90,116)(H,91,115)(H,93,122)(H,94,119)(H,95,110)(H,96,109)(H,97,123)(H,98,117)(H,99,124)(H,100,120)(H,101,121)(H,102,118)(H,103,114)(H,111,112)(H4,79,80,84)(H4,81,82,85)/t37-,38-,39-,43-,45-,46-,47?,48?,49-,50-,51?,52?,53-,60-/m0/s1. The van der Waals surface area contributed by atoms with Gasteiger partial charge in [0.05, 0.1) is 57.3 Å². The molecule has 127 heavy (non-hydrogen) atoms. The van der Waals surface area contributed by atoms with Crippen molar-refractivity contribution >= 4 is 157 Å². The summed E-state index contributed by atoms with van der Waals surface area (Å²) in [5.41, 5.74) is 29.6. The highest BCUT2D eigenvalue weighted by Gasteiger charge is 2.41. The minimum absolute atomic E-state index is 0.00915. The average Bonchev–Trinajstić information content (AvgIpc) is 1.67. The number of nitrogens with zero attached hydrogens (tertiary/aromatic N) is 2. The number of aromatic amines is 2. The lowest BCUT2D eigenvalue weighted by Crippen LogP contribution is -2.61. The SMILES string of the molecule is CC[C@H](C)[C@@H]1NC(=O)[C@H](C)NC(=O)C(Cc2c[nH]c3ccccc23)NC(=O)[C@H](CCCNC(=N)N)NC(=O)CNC(=O)[C@H](C)NC(=O)C(NC(=O)[C@H](CCCCN)NC(=O)[C@@H]2CCCN2C(=O)[C@@H](N)CCCNC(=N)N)CSSCC(C(=O)NCC(=O)NCC(=O)NCC(=O)N[C@@H](CC(N)=O)C(=O)NCC(=O)O)NC(=O)[C@H](CO)NC(=O)C(Cc2c[nH]cn2)NC1=O. The van der Waals surface area contributed by atoms with Crippen LogP contribution in [0.25, 0.3) is 10.9 Å². The number of benzene rings is 1. The number of aliphatic hydroxyl groups is 1. The number of unbranched alkanes of at least 4 members (excludes halogenated alkanes) is 1. The Labute approximate surface area is 736 Å². The molecule has 2 aliphatic rings. The number of carboxylic acid groups (broad SMARTS) is 1. The summed E-state index contributed by atoms with van der Waals surface area (Å²) in [6, 6.07) is -13.1. The molecule has 700 valence electrons. The van der Waals surface area contributed by atoms with Crippen LogP contribution in [0.15, 0.2) is 43.0 Å². The number of guanidine groups is 2. The van der Waals surface area contributed by atoms with Crippen molar-refractivity contribution in [3.05, 3.63) is 54.2 Å². The number of primary amides is 1. The number of H-pyrrole nitrogens is 2. The van der Waals surface area contributed by atoms with Gasteiger partial charge in [-0.05, 0) is 95.7 Å². The molecule has 50 nitrogen and oxygen atoms in total. The second kappa shape index (κ2) is 54.0. The van der Waals surface area contributed by atoms with Crippen LogP contribution < -0.4 is 124 Å². The van der Waals surface area contributed by atoms with Crippen LogP contribution in [0, 0.1) is 16.7 Å². The Morgan fingerprint density at radius 3 is 1.89 bits per heavy atom. The number of aliphatic hydroxyl groups excluding tert-OH is 1. The van der Waals surface area contributed by atoms with E-state index in [9.17, 15) is 96.2 Å². The van der Waals surface area contributed by atoms with Crippen LogP contribution in [0.5, 0.6) is 0 Å². The zero-order valence-corrected chi connectivity index (χ0v) is 72.2. The molecule has 0 aliphatic carbocycles. The molecule has 0 spiro atoms. The Kier molecular flexibility index (Phi) is 44.5. The summed E-state index contributed by atoms with van der Waals surface area (Å²) in [6.07, 6.45) is 4.38. The fourth-order valence-corrected chi connectivity index (χ4v) is 15.1. The molecule has 0 saturated carbocycles. The molecule has 5 rings (SSSR count). The maximum Gasteiger partial charge on any atom is 0.322 e. The van der Waals surface area contributed by atoms with E-state index in [0.29, 0.717) is 35.7 Å². The minimum Gasteiger partial charge on any atom is -0.480 e. The van der Waals surface area contributed by atoms with E-state index in [-0.39, 0.29) is 89.2 Å². The molecule has 2 aliphatic heterocycles. The van der Waals surface area contributed by atoms with E-state index in [2.05, 4.69) is 105 Å². The molecule has 14 atom stereocenters. The molecule has 1 aromatic carbocycles. The highest BCUT2D eigenvalue weighted by Crippen LogP contribution is 2.25. The molecule has 2 fully saturated rings. The number of aromatic nitrogens is 3. The van der Waals surface area contributed by atoms with E-state index in [1.807, 2.05) is 5.32 Å². The normalized spacial score (nSPS) is 21.5. The average molecular weight is 1830 g/mol. The van der Waals surface area contributed by atoms with Crippen LogP contribution in [0.4, 0.5) is 0 Å². The quantitative estimate of drug-likeness (QED) is 0.0110. The Morgan fingerprint density at radius 1 is 0.622 bits per heavy atom. The number of carboxylic acids is 1. The van der Waals surface area contributed by atoms with Gasteiger partial charge in [-0.25, -0.2) is 4.98 Å². The van der Waals surface area contributed by atoms with Crippen molar-refractivity contribution in [3.63, 3.8) is 0 Å². The second-order valence-electron chi connectivity index (χ2n) is 29.8. The molecule has 34 N–H and O–H groups in total. The first-order valence-electron chi connectivity index (χ1n) is 40.8. The fourth-order valence-electron chi connectivity index (χ4n) is 12.7. The number of aliphatic carboxylic acids is 1. The summed E-state index contributed by atoms with van der Waals surface area (Å²) >= 11 is 0. The summed E-state index contributed by atoms with van der Waals surface area (Å²) in [5, 5.41) is 79.4. The van der Waals surface area contributed by atoms with E-state index in [1.54, 1.807) is 44.3 Å². The number of hydrogen-bond acceptors (Lipinski definition) is 27. The van der Waals surface area contributed by atoms with Crippen molar-refractivity contribution in [2.75, 3.05) is 77.0 Å². The highest BCUT2D eigenvalue weighted by molar-refractivity contribution is 8.76. The molecule has 4 unspecified atom stereocenters. The molecule has 2 aromatic heterocycles. The second-order valence-corrected chi connectivity index (χ2v) is 32.4.